The first kappa shape index (κ1) is 21.1. The first-order valence-electron chi connectivity index (χ1n) is 6.95. The van der Waals surface area contributed by atoms with E-state index in [1.54, 1.807) is 12.1 Å². The van der Waals surface area contributed by atoms with Gasteiger partial charge < -0.3 is 21.3 Å². The van der Waals surface area contributed by atoms with Crippen LogP contribution in [-0.2, 0) is 11.4 Å². The molecule has 0 saturated heterocycles. The molecule has 0 amide bonds. The predicted molar refractivity (Wildman–Crippen MR) is 91.4 cm³/mol. The number of rotatable bonds is 4. The van der Waals surface area contributed by atoms with Gasteiger partial charge in [-0.05, 0) is 29.8 Å². The van der Waals surface area contributed by atoms with E-state index in [-0.39, 0.29) is 5.96 Å². The van der Waals surface area contributed by atoms with Crippen molar-refractivity contribution in [1.82, 2.24) is 0 Å². The maximum absolute atomic E-state index is 10.6. The molecule has 2 aromatic carbocycles. The summed E-state index contributed by atoms with van der Waals surface area (Å²) in [6.07, 6.45) is -5.08. The van der Waals surface area contributed by atoms with Crippen LogP contribution in [0.5, 0.6) is 5.75 Å². The lowest BCUT2D eigenvalue weighted by atomic mass is 10.2. The number of carboxylic acids is 1. The number of halogens is 4. The van der Waals surface area contributed by atoms with E-state index < -0.39 is 12.1 Å². The lowest BCUT2D eigenvalue weighted by Gasteiger charge is -2.07. The van der Waals surface area contributed by atoms with Gasteiger partial charge in [-0.3, -0.25) is 0 Å². The monoisotopic (exact) mass is 389 g/mol. The van der Waals surface area contributed by atoms with Crippen molar-refractivity contribution in [1.29, 1.82) is 0 Å². The molecule has 0 fully saturated rings. The van der Waals surface area contributed by atoms with E-state index in [2.05, 4.69) is 4.99 Å². The molecular formula is C16H15ClF3N3O3. The minimum atomic E-state index is -5.08. The largest absolute Gasteiger partial charge is 0.490 e. The van der Waals surface area contributed by atoms with Crippen LogP contribution in [0.2, 0.25) is 5.02 Å². The third-order valence-electron chi connectivity index (χ3n) is 2.64. The molecule has 0 bridgehead atoms. The highest BCUT2D eigenvalue weighted by molar-refractivity contribution is 6.30. The summed E-state index contributed by atoms with van der Waals surface area (Å²) in [6.45, 7) is 0.461. The van der Waals surface area contributed by atoms with Crippen LogP contribution in [0, 0.1) is 0 Å². The zero-order valence-electron chi connectivity index (χ0n) is 13.2. The molecule has 140 valence electrons. The zero-order chi connectivity index (χ0) is 19.7. The normalized spacial score (nSPS) is 10.3. The van der Waals surface area contributed by atoms with Crippen LogP contribution >= 0.6 is 11.6 Å². The Labute approximate surface area is 151 Å². The number of nitrogens with zero attached hydrogens (tertiary/aromatic N) is 1. The third-order valence-corrected chi connectivity index (χ3v) is 2.89. The minimum absolute atomic E-state index is 0.0230. The van der Waals surface area contributed by atoms with Crippen molar-refractivity contribution in [2.75, 3.05) is 0 Å². The molecule has 0 spiro atoms. The van der Waals surface area contributed by atoms with Crippen LogP contribution in [0.25, 0.3) is 0 Å². The number of nitrogens with two attached hydrogens (primary N) is 2. The van der Waals surface area contributed by atoms with Gasteiger partial charge in [-0.1, -0.05) is 29.8 Å². The molecule has 0 radical (unpaired) electrons. The van der Waals surface area contributed by atoms with E-state index in [0.29, 0.717) is 23.1 Å². The van der Waals surface area contributed by atoms with Crippen molar-refractivity contribution in [3.8, 4) is 5.75 Å². The highest BCUT2D eigenvalue weighted by Crippen LogP contribution is 2.21. The highest BCUT2D eigenvalue weighted by Gasteiger charge is 2.38. The Morgan fingerprint density at radius 1 is 1.15 bits per heavy atom. The summed E-state index contributed by atoms with van der Waals surface area (Å²) in [7, 11) is 0. The molecule has 0 aromatic heterocycles. The predicted octanol–water partition coefficient (Wildman–Crippen LogP) is 3.46. The van der Waals surface area contributed by atoms with Gasteiger partial charge in [-0.2, -0.15) is 13.2 Å². The topological polar surface area (TPSA) is 111 Å². The van der Waals surface area contributed by atoms with Gasteiger partial charge in [0.2, 0.25) is 0 Å². The fourth-order valence-corrected chi connectivity index (χ4v) is 1.67. The molecular weight excluding hydrogens is 375 g/mol. The van der Waals surface area contributed by atoms with Gasteiger partial charge in [0, 0.05) is 11.1 Å². The van der Waals surface area contributed by atoms with Crippen LogP contribution in [0.1, 0.15) is 5.56 Å². The fraction of sp³-hybridized carbons (Fsp3) is 0.125. The van der Waals surface area contributed by atoms with Gasteiger partial charge in [0.05, 0.1) is 5.69 Å². The molecule has 0 heterocycles. The number of alkyl halides is 3. The molecule has 5 N–H and O–H groups in total. The molecule has 6 nitrogen and oxygen atoms in total. The lowest BCUT2D eigenvalue weighted by Crippen LogP contribution is -2.21. The zero-order valence-corrected chi connectivity index (χ0v) is 14.0. The van der Waals surface area contributed by atoms with E-state index in [1.807, 2.05) is 36.4 Å². The first-order chi connectivity index (χ1) is 12.1. The number of hydrogen-bond acceptors (Lipinski definition) is 3. The van der Waals surface area contributed by atoms with E-state index in [0.717, 1.165) is 5.56 Å². The average molecular weight is 390 g/mol. The highest BCUT2D eigenvalue weighted by atomic mass is 35.5. The molecule has 26 heavy (non-hydrogen) atoms. The smallest absolute Gasteiger partial charge is 0.489 e. The Kier molecular flexibility index (Phi) is 7.73. The van der Waals surface area contributed by atoms with Crippen molar-refractivity contribution in [3.05, 3.63) is 59.1 Å². The van der Waals surface area contributed by atoms with E-state index in [4.69, 9.17) is 37.7 Å². The van der Waals surface area contributed by atoms with E-state index >= 15 is 0 Å². The summed E-state index contributed by atoms with van der Waals surface area (Å²) in [5, 5.41) is 7.83. The van der Waals surface area contributed by atoms with Crippen molar-refractivity contribution in [3.63, 3.8) is 0 Å². The maximum atomic E-state index is 10.6. The molecule has 10 heteroatoms. The standard InChI is InChI=1S/C14H14ClN3O.C2HF3O2/c15-11-6-4-10(5-7-11)9-19-13-3-1-2-12(8-13)18-14(16)17;3-2(4,5)1(6)7/h1-8H,9H2,(H4,16,17,18);(H,6,7). The quantitative estimate of drug-likeness (QED) is 0.547. The van der Waals surface area contributed by atoms with Gasteiger partial charge in [0.1, 0.15) is 12.4 Å². The van der Waals surface area contributed by atoms with E-state index in [1.165, 1.54) is 0 Å². The Morgan fingerprint density at radius 2 is 1.73 bits per heavy atom. The van der Waals surface area contributed by atoms with Crippen LogP contribution in [0.3, 0.4) is 0 Å². The number of carbonyl (C=O) groups is 1. The Morgan fingerprint density at radius 3 is 2.23 bits per heavy atom. The van der Waals surface area contributed by atoms with Gasteiger partial charge in [-0.25, -0.2) is 9.79 Å². The second-order valence-electron chi connectivity index (χ2n) is 4.75. The van der Waals surface area contributed by atoms with Gasteiger partial charge in [0.15, 0.2) is 5.96 Å². The second kappa shape index (κ2) is 9.52. The van der Waals surface area contributed by atoms with Crippen LogP contribution in [0.15, 0.2) is 53.5 Å². The summed E-state index contributed by atoms with van der Waals surface area (Å²) in [6, 6.07) is 14.8. The van der Waals surface area contributed by atoms with Gasteiger partial charge in [-0.15, -0.1) is 0 Å². The minimum Gasteiger partial charge on any atom is -0.489 e. The average Bonchev–Trinajstić information content (AvgIpc) is 2.54. The Hall–Kier alpha value is -2.94. The molecule has 2 aromatic rings. The lowest BCUT2D eigenvalue weighted by molar-refractivity contribution is -0.192. The molecule has 0 saturated carbocycles. The summed E-state index contributed by atoms with van der Waals surface area (Å²) in [5.41, 5.74) is 12.4. The van der Waals surface area contributed by atoms with Crippen molar-refractivity contribution in [2.24, 2.45) is 16.5 Å². The SMILES string of the molecule is NC(N)=Nc1cccc(OCc2ccc(Cl)cc2)c1.O=C(O)C(F)(F)F. The number of aliphatic imine (C=N–C) groups is 1. The van der Waals surface area contributed by atoms with Crippen LogP contribution < -0.4 is 16.2 Å². The van der Waals surface area contributed by atoms with Crippen molar-refractivity contribution >= 4 is 29.2 Å². The second-order valence-corrected chi connectivity index (χ2v) is 5.19. The first-order valence-corrected chi connectivity index (χ1v) is 7.33. The number of ether oxygens (including phenoxy) is 1. The Bertz CT molecular complexity index is 761. The van der Waals surface area contributed by atoms with Crippen LogP contribution in [0.4, 0.5) is 18.9 Å². The summed E-state index contributed by atoms with van der Waals surface area (Å²) in [4.78, 5) is 12.9. The molecule has 0 aliphatic rings. The molecule has 0 atom stereocenters. The van der Waals surface area contributed by atoms with E-state index in [9.17, 15) is 13.2 Å². The van der Waals surface area contributed by atoms with Crippen LogP contribution in [-0.4, -0.2) is 23.2 Å². The maximum Gasteiger partial charge on any atom is 0.490 e. The summed E-state index contributed by atoms with van der Waals surface area (Å²) < 4.78 is 37.4. The summed E-state index contributed by atoms with van der Waals surface area (Å²) in [5.74, 6) is -2.03. The molecule has 2 rings (SSSR count). The number of benzene rings is 2. The van der Waals surface area contributed by atoms with Crippen molar-refractivity contribution in [2.45, 2.75) is 12.8 Å². The number of hydrogen-bond donors (Lipinski definition) is 3. The molecule has 0 aliphatic carbocycles. The van der Waals surface area contributed by atoms with Crippen molar-refractivity contribution < 1.29 is 27.8 Å². The number of aliphatic carboxylic acids is 1. The fourth-order valence-electron chi connectivity index (χ4n) is 1.54. The molecule has 0 aliphatic heterocycles. The Balaban J connectivity index is 0.000000412. The number of guanidine groups is 1. The summed E-state index contributed by atoms with van der Waals surface area (Å²) >= 11 is 5.82. The third kappa shape index (κ3) is 8.25. The van der Waals surface area contributed by atoms with Gasteiger partial charge >= 0.3 is 12.1 Å². The number of carboxylic acid groups (broad SMARTS) is 1. The van der Waals surface area contributed by atoms with Gasteiger partial charge in [0.25, 0.3) is 0 Å². The molecule has 0 unspecified atom stereocenters.